The Balaban J connectivity index is 1.51. The van der Waals surface area contributed by atoms with Crippen LogP contribution in [0.3, 0.4) is 0 Å². The van der Waals surface area contributed by atoms with Gasteiger partial charge in [0.05, 0.1) is 43.8 Å². The van der Waals surface area contributed by atoms with E-state index in [2.05, 4.69) is 20.2 Å². The number of carbonyl (C=O) groups excluding carboxylic acids is 1. The highest BCUT2D eigenvalue weighted by Crippen LogP contribution is 2.29. The summed E-state index contributed by atoms with van der Waals surface area (Å²) in [6.07, 6.45) is 1.21. The molecule has 2 heterocycles. The molecule has 1 aliphatic heterocycles. The predicted octanol–water partition coefficient (Wildman–Crippen LogP) is 3.60. The molecule has 1 unspecified atom stereocenters. The first kappa shape index (κ1) is 21.6. The molecule has 0 radical (unpaired) electrons. The first-order valence-corrected chi connectivity index (χ1v) is 10.5. The minimum atomic E-state index is -0.323. The van der Waals surface area contributed by atoms with Crippen LogP contribution in [0.15, 0.2) is 60.9 Å². The molecule has 1 aromatic heterocycles. The van der Waals surface area contributed by atoms with Crippen LogP contribution in [0.25, 0.3) is 11.3 Å². The molecule has 32 heavy (non-hydrogen) atoms. The summed E-state index contributed by atoms with van der Waals surface area (Å²) in [6, 6.07) is 17.0. The van der Waals surface area contributed by atoms with Gasteiger partial charge in [-0.25, -0.2) is 14.8 Å². The lowest BCUT2D eigenvalue weighted by Gasteiger charge is -2.35. The number of nitrogens with zero attached hydrogens (tertiary/aromatic N) is 3. The standard InChI is InChI=1S/C24H26N4O4/c1-3-31-24(29)18-9-4-6-10-20(18)28-12-13-32-23(15-28)27-22-14-19(25-16-26-22)17-8-5-7-11-21(17)30-2/h4-11,14,16,23H,3,12-13,15H2,1-2H3,(H,25,26,27). The van der Waals surface area contributed by atoms with Gasteiger partial charge in [-0.15, -0.1) is 0 Å². The SMILES string of the molecule is CCOC(=O)c1ccccc1N1CCOC(Nc2cc(-c3ccccc3OC)ncn2)C1. The third-order valence-corrected chi connectivity index (χ3v) is 5.17. The highest BCUT2D eigenvalue weighted by molar-refractivity contribution is 5.96. The fraction of sp³-hybridized carbons (Fsp3) is 0.292. The largest absolute Gasteiger partial charge is 0.496 e. The second kappa shape index (κ2) is 10.1. The first-order valence-electron chi connectivity index (χ1n) is 10.5. The molecule has 1 atom stereocenters. The van der Waals surface area contributed by atoms with E-state index >= 15 is 0 Å². The molecular weight excluding hydrogens is 408 g/mol. The van der Waals surface area contributed by atoms with Crippen LogP contribution < -0.4 is 15.0 Å². The van der Waals surface area contributed by atoms with Crippen molar-refractivity contribution in [1.82, 2.24) is 9.97 Å². The van der Waals surface area contributed by atoms with Crippen LogP contribution in [0.4, 0.5) is 11.5 Å². The van der Waals surface area contributed by atoms with E-state index in [4.69, 9.17) is 14.2 Å². The number of rotatable bonds is 7. The van der Waals surface area contributed by atoms with Gasteiger partial charge in [0.25, 0.3) is 0 Å². The fourth-order valence-corrected chi connectivity index (χ4v) is 3.69. The minimum Gasteiger partial charge on any atom is -0.496 e. The van der Waals surface area contributed by atoms with Crippen molar-refractivity contribution in [2.24, 2.45) is 0 Å². The topological polar surface area (TPSA) is 85.8 Å². The smallest absolute Gasteiger partial charge is 0.340 e. The van der Waals surface area contributed by atoms with Crippen molar-refractivity contribution in [3.8, 4) is 17.0 Å². The Morgan fingerprint density at radius 1 is 1.19 bits per heavy atom. The highest BCUT2D eigenvalue weighted by atomic mass is 16.5. The van der Waals surface area contributed by atoms with Gasteiger partial charge in [-0.1, -0.05) is 24.3 Å². The van der Waals surface area contributed by atoms with E-state index in [1.807, 2.05) is 48.5 Å². The Bertz CT molecular complexity index is 1080. The van der Waals surface area contributed by atoms with E-state index < -0.39 is 0 Å². The van der Waals surface area contributed by atoms with Gasteiger partial charge in [0.2, 0.25) is 0 Å². The third-order valence-electron chi connectivity index (χ3n) is 5.17. The first-order chi connectivity index (χ1) is 15.7. The highest BCUT2D eigenvalue weighted by Gasteiger charge is 2.25. The van der Waals surface area contributed by atoms with Crippen molar-refractivity contribution in [1.29, 1.82) is 0 Å². The van der Waals surface area contributed by atoms with Gasteiger partial charge in [-0.3, -0.25) is 0 Å². The maximum absolute atomic E-state index is 12.4. The molecule has 8 heteroatoms. The molecule has 0 amide bonds. The zero-order valence-corrected chi connectivity index (χ0v) is 18.2. The molecule has 166 valence electrons. The molecule has 0 saturated carbocycles. The Morgan fingerprint density at radius 2 is 2.00 bits per heavy atom. The zero-order chi connectivity index (χ0) is 22.3. The number of ether oxygens (including phenoxy) is 3. The van der Waals surface area contributed by atoms with Crippen LogP contribution in [0.5, 0.6) is 5.75 Å². The Kier molecular flexibility index (Phi) is 6.81. The number of benzene rings is 2. The molecule has 2 aromatic carbocycles. The quantitative estimate of drug-likeness (QED) is 0.565. The lowest BCUT2D eigenvalue weighted by Crippen LogP contribution is -2.46. The summed E-state index contributed by atoms with van der Waals surface area (Å²) in [5, 5.41) is 3.33. The zero-order valence-electron chi connectivity index (χ0n) is 18.2. The molecule has 1 fully saturated rings. The predicted molar refractivity (Wildman–Crippen MR) is 122 cm³/mol. The summed E-state index contributed by atoms with van der Waals surface area (Å²) >= 11 is 0. The molecule has 1 N–H and O–H groups in total. The van der Waals surface area contributed by atoms with E-state index in [-0.39, 0.29) is 12.2 Å². The van der Waals surface area contributed by atoms with E-state index in [0.717, 1.165) is 22.7 Å². The van der Waals surface area contributed by atoms with Crippen molar-refractivity contribution < 1.29 is 19.0 Å². The Labute approximate surface area is 187 Å². The van der Waals surface area contributed by atoms with Crippen LogP contribution >= 0.6 is 0 Å². The lowest BCUT2D eigenvalue weighted by molar-refractivity contribution is 0.0516. The maximum Gasteiger partial charge on any atom is 0.340 e. The Hall–Kier alpha value is -3.65. The van der Waals surface area contributed by atoms with Crippen molar-refractivity contribution in [3.63, 3.8) is 0 Å². The monoisotopic (exact) mass is 434 g/mol. The van der Waals surface area contributed by atoms with Crippen molar-refractivity contribution in [2.45, 2.75) is 13.2 Å². The Morgan fingerprint density at radius 3 is 2.84 bits per heavy atom. The normalized spacial score (nSPS) is 15.8. The number of carbonyl (C=O) groups is 1. The van der Waals surface area contributed by atoms with E-state index in [9.17, 15) is 4.79 Å². The van der Waals surface area contributed by atoms with Crippen LogP contribution in [0, 0.1) is 0 Å². The number of aromatic nitrogens is 2. The molecular formula is C24H26N4O4. The summed E-state index contributed by atoms with van der Waals surface area (Å²) in [6.45, 7) is 3.87. The number of nitrogens with one attached hydrogen (secondary N) is 1. The average Bonchev–Trinajstić information content (AvgIpc) is 2.84. The maximum atomic E-state index is 12.4. The van der Waals surface area contributed by atoms with Gasteiger partial charge in [-0.2, -0.15) is 0 Å². The minimum absolute atomic E-state index is 0.306. The summed E-state index contributed by atoms with van der Waals surface area (Å²) in [5.74, 6) is 1.07. The van der Waals surface area contributed by atoms with E-state index in [1.165, 1.54) is 6.33 Å². The lowest BCUT2D eigenvalue weighted by atomic mass is 10.1. The van der Waals surface area contributed by atoms with Crippen molar-refractivity contribution in [2.75, 3.05) is 43.6 Å². The number of hydrogen-bond donors (Lipinski definition) is 1. The van der Waals surface area contributed by atoms with Gasteiger partial charge in [0.15, 0.2) is 0 Å². The molecule has 0 aliphatic carbocycles. The van der Waals surface area contributed by atoms with Crippen molar-refractivity contribution >= 4 is 17.5 Å². The number of para-hydroxylation sites is 2. The van der Waals surface area contributed by atoms with Gasteiger partial charge in [0, 0.05) is 18.2 Å². The van der Waals surface area contributed by atoms with Crippen LogP contribution in [-0.2, 0) is 9.47 Å². The second-order valence-electron chi connectivity index (χ2n) is 7.18. The van der Waals surface area contributed by atoms with E-state index in [0.29, 0.717) is 37.7 Å². The van der Waals surface area contributed by atoms with Gasteiger partial charge < -0.3 is 24.4 Å². The molecule has 3 aromatic rings. The van der Waals surface area contributed by atoms with Crippen LogP contribution in [0.2, 0.25) is 0 Å². The van der Waals surface area contributed by atoms with Gasteiger partial charge in [0.1, 0.15) is 24.1 Å². The number of esters is 1. The number of hydrogen-bond acceptors (Lipinski definition) is 8. The number of anilines is 2. The second-order valence-corrected chi connectivity index (χ2v) is 7.18. The summed E-state index contributed by atoms with van der Waals surface area (Å²) in [4.78, 5) is 23.2. The third kappa shape index (κ3) is 4.81. The van der Waals surface area contributed by atoms with Crippen LogP contribution in [0.1, 0.15) is 17.3 Å². The van der Waals surface area contributed by atoms with Crippen LogP contribution in [-0.4, -0.2) is 55.6 Å². The number of morpholine rings is 1. The summed E-state index contributed by atoms with van der Waals surface area (Å²) in [7, 11) is 1.64. The molecule has 8 nitrogen and oxygen atoms in total. The van der Waals surface area contributed by atoms with Gasteiger partial charge in [-0.05, 0) is 31.2 Å². The molecule has 1 aliphatic rings. The van der Waals surface area contributed by atoms with E-state index in [1.54, 1.807) is 20.1 Å². The van der Waals surface area contributed by atoms with Crippen molar-refractivity contribution in [3.05, 3.63) is 66.5 Å². The molecule has 0 bridgehead atoms. The van der Waals surface area contributed by atoms with Gasteiger partial charge >= 0.3 is 5.97 Å². The molecule has 4 rings (SSSR count). The molecule has 0 spiro atoms. The fourth-order valence-electron chi connectivity index (χ4n) is 3.69. The summed E-state index contributed by atoms with van der Waals surface area (Å²) in [5.41, 5.74) is 3.02. The molecule has 1 saturated heterocycles. The summed E-state index contributed by atoms with van der Waals surface area (Å²) < 4.78 is 16.6. The average molecular weight is 434 g/mol. The number of methoxy groups -OCH3 is 1.